The summed E-state index contributed by atoms with van der Waals surface area (Å²) in [7, 11) is 1.69. The van der Waals surface area contributed by atoms with E-state index in [0.29, 0.717) is 33.0 Å². The molecule has 2 rings (SSSR count). The van der Waals surface area contributed by atoms with Gasteiger partial charge < -0.3 is 14.2 Å². The van der Waals surface area contributed by atoms with E-state index in [2.05, 4.69) is 29.8 Å². The van der Waals surface area contributed by atoms with Gasteiger partial charge in [0.25, 0.3) is 0 Å². The Morgan fingerprint density at radius 3 is 1.94 bits per heavy atom. The molecule has 0 aliphatic carbocycles. The molecule has 0 fully saturated rings. The van der Waals surface area contributed by atoms with Crippen molar-refractivity contribution in [2.24, 2.45) is 0 Å². The Morgan fingerprint density at radius 2 is 1.29 bits per heavy atom. The lowest BCUT2D eigenvalue weighted by atomic mass is 10.0. The van der Waals surface area contributed by atoms with Crippen molar-refractivity contribution in [1.29, 1.82) is 0 Å². The number of ether oxygens (including phenoxy) is 3. The SMILES string of the molecule is CCCCCCCCCCCCCCCCc1ccsc1-c1cc(COCCOCCOC)cs1. The predicted octanol–water partition coefficient (Wildman–Crippen LogP) is 9.68. The quantitative estimate of drug-likeness (QED) is 0.128. The van der Waals surface area contributed by atoms with E-state index in [-0.39, 0.29) is 0 Å². The molecule has 2 aromatic heterocycles. The van der Waals surface area contributed by atoms with Crippen LogP contribution in [0.5, 0.6) is 0 Å². The number of unbranched alkanes of at least 4 members (excludes halogenated alkanes) is 13. The highest BCUT2D eigenvalue weighted by Gasteiger charge is 2.10. The summed E-state index contributed by atoms with van der Waals surface area (Å²) < 4.78 is 16.2. The molecule has 0 saturated heterocycles. The van der Waals surface area contributed by atoms with Gasteiger partial charge in [0.15, 0.2) is 0 Å². The van der Waals surface area contributed by atoms with Crippen LogP contribution in [0, 0.1) is 0 Å². The zero-order valence-electron chi connectivity index (χ0n) is 22.5. The second-order valence-electron chi connectivity index (χ2n) is 9.60. The highest BCUT2D eigenvalue weighted by Crippen LogP contribution is 2.35. The number of hydrogen-bond donors (Lipinski definition) is 0. The van der Waals surface area contributed by atoms with E-state index < -0.39 is 0 Å². The number of rotatable bonds is 24. The summed E-state index contributed by atoms with van der Waals surface area (Å²) in [6.07, 6.45) is 21.0. The summed E-state index contributed by atoms with van der Waals surface area (Å²) >= 11 is 3.72. The van der Waals surface area contributed by atoms with Gasteiger partial charge in [0.1, 0.15) is 0 Å². The van der Waals surface area contributed by atoms with Gasteiger partial charge in [-0.05, 0) is 46.9 Å². The molecule has 0 unspecified atom stereocenters. The van der Waals surface area contributed by atoms with Crippen LogP contribution in [-0.4, -0.2) is 33.5 Å². The van der Waals surface area contributed by atoms with Crippen LogP contribution in [0.15, 0.2) is 22.9 Å². The molecule has 0 spiro atoms. The van der Waals surface area contributed by atoms with Crippen molar-refractivity contribution in [3.63, 3.8) is 0 Å². The fourth-order valence-electron chi connectivity index (χ4n) is 4.38. The summed E-state index contributed by atoms with van der Waals surface area (Å²) in [6.45, 7) is 5.46. The Kier molecular flexibility index (Phi) is 18.6. The average molecular weight is 523 g/mol. The first kappa shape index (κ1) is 30.5. The van der Waals surface area contributed by atoms with E-state index in [0.717, 1.165) is 0 Å². The minimum absolute atomic E-state index is 0.620. The van der Waals surface area contributed by atoms with Crippen LogP contribution in [0.25, 0.3) is 9.75 Å². The Balaban J connectivity index is 1.50. The minimum atomic E-state index is 0.620. The van der Waals surface area contributed by atoms with Crippen LogP contribution < -0.4 is 0 Å². The normalized spacial score (nSPS) is 11.5. The molecule has 3 nitrogen and oxygen atoms in total. The van der Waals surface area contributed by atoms with Crippen molar-refractivity contribution in [2.45, 2.75) is 110 Å². The number of hydrogen-bond acceptors (Lipinski definition) is 5. The van der Waals surface area contributed by atoms with Gasteiger partial charge in [-0.25, -0.2) is 0 Å². The maximum absolute atomic E-state index is 5.76. The highest BCUT2D eigenvalue weighted by molar-refractivity contribution is 7.20. The summed E-state index contributed by atoms with van der Waals surface area (Å²) in [5, 5.41) is 4.48. The van der Waals surface area contributed by atoms with Crippen molar-refractivity contribution in [2.75, 3.05) is 33.5 Å². The Bertz CT molecular complexity index is 725. The molecule has 200 valence electrons. The van der Waals surface area contributed by atoms with Gasteiger partial charge in [0.2, 0.25) is 0 Å². The van der Waals surface area contributed by atoms with Gasteiger partial charge in [-0.15, -0.1) is 22.7 Å². The lowest BCUT2D eigenvalue weighted by Gasteiger charge is -2.05. The number of aryl methyl sites for hydroxylation is 1. The van der Waals surface area contributed by atoms with Crippen LogP contribution in [0.4, 0.5) is 0 Å². The molecule has 0 bridgehead atoms. The number of methoxy groups -OCH3 is 1. The lowest BCUT2D eigenvalue weighted by Crippen LogP contribution is -2.08. The zero-order chi connectivity index (χ0) is 24.8. The molecule has 0 aliphatic rings. The maximum atomic E-state index is 5.76. The summed E-state index contributed by atoms with van der Waals surface area (Å²) in [6, 6.07) is 4.63. The topological polar surface area (TPSA) is 27.7 Å². The number of thiophene rings is 2. The molecule has 0 aromatic carbocycles. The summed E-state index contributed by atoms with van der Waals surface area (Å²) in [5.74, 6) is 0. The van der Waals surface area contributed by atoms with E-state index in [1.807, 2.05) is 22.7 Å². The van der Waals surface area contributed by atoms with Crippen LogP contribution >= 0.6 is 22.7 Å². The largest absolute Gasteiger partial charge is 0.382 e. The standard InChI is InChI=1S/C30H50O3S2/c1-3-4-5-6-7-8-9-10-11-12-13-14-15-16-17-28-18-23-34-30(28)29-24-27(26-35-29)25-33-22-21-32-20-19-31-2/h18,23-24,26H,3-17,19-22,25H2,1-2H3. The molecule has 0 saturated carbocycles. The van der Waals surface area contributed by atoms with E-state index in [9.17, 15) is 0 Å². The molecule has 0 radical (unpaired) electrons. The Morgan fingerprint density at radius 1 is 0.686 bits per heavy atom. The molecular formula is C30H50O3S2. The second-order valence-corrected chi connectivity index (χ2v) is 11.4. The van der Waals surface area contributed by atoms with E-state index >= 15 is 0 Å². The molecule has 0 aliphatic heterocycles. The fourth-order valence-corrected chi connectivity index (χ4v) is 6.41. The van der Waals surface area contributed by atoms with Crippen molar-refractivity contribution < 1.29 is 14.2 Å². The Hall–Kier alpha value is -0.720. The minimum Gasteiger partial charge on any atom is -0.382 e. The van der Waals surface area contributed by atoms with Crippen molar-refractivity contribution in [3.05, 3.63) is 34.0 Å². The average Bonchev–Trinajstić information content (AvgIpc) is 3.53. The van der Waals surface area contributed by atoms with Gasteiger partial charge in [-0.1, -0.05) is 90.4 Å². The van der Waals surface area contributed by atoms with Gasteiger partial charge in [0.05, 0.1) is 33.0 Å². The summed E-state index contributed by atoms with van der Waals surface area (Å²) in [5.41, 5.74) is 2.78. The van der Waals surface area contributed by atoms with Gasteiger partial charge in [-0.2, -0.15) is 0 Å². The fraction of sp³-hybridized carbons (Fsp3) is 0.733. The van der Waals surface area contributed by atoms with Crippen LogP contribution in [0.3, 0.4) is 0 Å². The molecular weight excluding hydrogens is 472 g/mol. The third-order valence-corrected chi connectivity index (χ3v) is 8.61. The van der Waals surface area contributed by atoms with Gasteiger partial charge >= 0.3 is 0 Å². The smallest absolute Gasteiger partial charge is 0.0726 e. The molecule has 5 heteroatoms. The van der Waals surface area contributed by atoms with Crippen molar-refractivity contribution in [3.8, 4) is 9.75 Å². The van der Waals surface area contributed by atoms with Gasteiger partial charge in [0, 0.05) is 16.9 Å². The Labute approximate surface area is 223 Å². The molecule has 35 heavy (non-hydrogen) atoms. The van der Waals surface area contributed by atoms with Crippen LogP contribution in [-0.2, 0) is 27.2 Å². The molecule has 2 aromatic rings. The molecule has 0 N–H and O–H groups in total. The monoisotopic (exact) mass is 522 g/mol. The van der Waals surface area contributed by atoms with E-state index in [1.54, 1.807) is 7.11 Å². The van der Waals surface area contributed by atoms with Crippen LogP contribution in [0.2, 0.25) is 0 Å². The molecule has 0 atom stereocenters. The highest BCUT2D eigenvalue weighted by atomic mass is 32.1. The third kappa shape index (κ3) is 14.6. The van der Waals surface area contributed by atoms with Gasteiger partial charge in [-0.3, -0.25) is 0 Å². The summed E-state index contributed by atoms with van der Waals surface area (Å²) in [4.78, 5) is 2.84. The molecule has 2 heterocycles. The molecule has 0 amide bonds. The maximum Gasteiger partial charge on any atom is 0.0726 e. The van der Waals surface area contributed by atoms with Crippen molar-refractivity contribution >= 4 is 22.7 Å². The van der Waals surface area contributed by atoms with E-state index in [4.69, 9.17) is 14.2 Å². The predicted molar refractivity (Wildman–Crippen MR) is 154 cm³/mol. The first-order valence-corrected chi connectivity index (χ1v) is 15.9. The first-order valence-electron chi connectivity index (χ1n) is 14.1. The van der Waals surface area contributed by atoms with Crippen molar-refractivity contribution in [1.82, 2.24) is 0 Å². The van der Waals surface area contributed by atoms with Crippen LogP contribution in [0.1, 0.15) is 108 Å². The zero-order valence-corrected chi connectivity index (χ0v) is 24.1. The second kappa shape index (κ2) is 21.4. The lowest BCUT2D eigenvalue weighted by molar-refractivity contribution is 0.0200. The third-order valence-electron chi connectivity index (χ3n) is 6.50. The van der Waals surface area contributed by atoms with E-state index in [1.165, 1.54) is 117 Å². The first-order chi connectivity index (χ1) is 17.3.